The fourth-order valence-electron chi connectivity index (χ4n) is 1.46. The molecule has 1 heterocycles. The fourth-order valence-corrected chi connectivity index (χ4v) is 1.46. The summed E-state index contributed by atoms with van der Waals surface area (Å²) in [7, 11) is 0. The zero-order valence-electron chi connectivity index (χ0n) is 9.12. The molecule has 5 nitrogen and oxygen atoms in total. The van der Waals surface area contributed by atoms with Crippen molar-refractivity contribution in [2.24, 2.45) is 0 Å². The van der Waals surface area contributed by atoms with E-state index in [1.54, 1.807) is 19.1 Å². The molecule has 17 heavy (non-hydrogen) atoms. The molecule has 0 saturated heterocycles. The van der Waals surface area contributed by atoms with Gasteiger partial charge in [-0.3, -0.25) is 4.79 Å². The first-order chi connectivity index (χ1) is 8.09. The molecule has 1 N–H and O–H groups in total. The second kappa shape index (κ2) is 4.21. The van der Waals surface area contributed by atoms with E-state index in [2.05, 4.69) is 5.10 Å². The van der Waals surface area contributed by atoms with Gasteiger partial charge in [0.25, 0.3) is 0 Å². The minimum absolute atomic E-state index is 0.348. The van der Waals surface area contributed by atoms with E-state index in [0.717, 1.165) is 0 Å². The normalized spacial score (nSPS) is 10.2. The maximum atomic E-state index is 11.5. The minimum Gasteiger partial charge on any atom is -0.476 e. The Balaban J connectivity index is 2.66. The summed E-state index contributed by atoms with van der Waals surface area (Å²) in [6.45, 7) is 1.57. The average molecular weight is 230 g/mol. The molecular formula is C12H10N2O3. The zero-order valence-corrected chi connectivity index (χ0v) is 9.12. The van der Waals surface area contributed by atoms with E-state index < -0.39 is 17.1 Å². The van der Waals surface area contributed by atoms with Crippen molar-refractivity contribution in [1.29, 1.82) is 0 Å². The number of carboxylic acids is 1. The Morgan fingerprint density at radius 1 is 1.29 bits per heavy atom. The molecule has 0 atom stereocenters. The molecule has 0 aliphatic heterocycles. The van der Waals surface area contributed by atoms with Gasteiger partial charge in [-0.25, -0.2) is 9.48 Å². The van der Waals surface area contributed by atoms with E-state index >= 15 is 0 Å². The largest absolute Gasteiger partial charge is 0.476 e. The van der Waals surface area contributed by atoms with Crippen molar-refractivity contribution in [2.45, 2.75) is 6.92 Å². The highest BCUT2D eigenvalue weighted by atomic mass is 16.4. The summed E-state index contributed by atoms with van der Waals surface area (Å²) in [6.07, 6.45) is 1.52. The maximum absolute atomic E-state index is 11.5. The lowest BCUT2D eigenvalue weighted by Gasteiger charge is -2.06. The van der Waals surface area contributed by atoms with Crippen LogP contribution in [-0.2, 0) is 0 Å². The van der Waals surface area contributed by atoms with Crippen molar-refractivity contribution in [1.82, 2.24) is 9.78 Å². The predicted molar refractivity (Wildman–Crippen MR) is 61.5 cm³/mol. The number of carboxylic acid groups (broad SMARTS) is 1. The summed E-state index contributed by atoms with van der Waals surface area (Å²) in [5.41, 5.74) is 0.0397. The van der Waals surface area contributed by atoms with Crippen molar-refractivity contribution >= 4 is 5.97 Å². The third kappa shape index (κ3) is 2.08. The highest BCUT2D eigenvalue weighted by molar-refractivity contribution is 5.85. The molecule has 0 radical (unpaired) electrons. The maximum Gasteiger partial charge on any atom is 0.360 e. The fraction of sp³-hybridized carbons (Fsp3) is 0.0833. The first-order valence-electron chi connectivity index (χ1n) is 4.99. The van der Waals surface area contributed by atoms with E-state index in [1.165, 1.54) is 10.9 Å². The first-order valence-corrected chi connectivity index (χ1v) is 4.99. The van der Waals surface area contributed by atoms with Gasteiger partial charge in [-0.1, -0.05) is 18.2 Å². The smallest absolute Gasteiger partial charge is 0.360 e. The van der Waals surface area contributed by atoms with Crippen LogP contribution in [0.25, 0.3) is 5.69 Å². The van der Waals surface area contributed by atoms with Gasteiger partial charge in [0.1, 0.15) is 0 Å². The number of carbonyl (C=O) groups is 1. The van der Waals surface area contributed by atoms with E-state index in [0.29, 0.717) is 11.3 Å². The molecule has 0 saturated carbocycles. The van der Waals surface area contributed by atoms with Crippen molar-refractivity contribution in [3.05, 3.63) is 58.0 Å². The van der Waals surface area contributed by atoms with Gasteiger partial charge in [-0.05, 0) is 19.1 Å². The number of aromatic nitrogens is 2. The quantitative estimate of drug-likeness (QED) is 0.842. The number of para-hydroxylation sites is 1. The Hall–Kier alpha value is -2.43. The van der Waals surface area contributed by atoms with Crippen LogP contribution in [0.1, 0.15) is 16.1 Å². The van der Waals surface area contributed by atoms with E-state index in [-0.39, 0.29) is 0 Å². The highest BCUT2D eigenvalue weighted by Gasteiger charge is 2.13. The van der Waals surface area contributed by atoms with Crippen LogP contribution in [0.5, 0.6) is 0 Å². The summed E-state index contributed by atoms with van der Waals surface area (Å²) >= 11 is 0. The highest BCUT2D eigenvalue weighted by Crippen LogP contribution is 2.05. The Bertz CT molecular complexity index is 617. The molecule has 0 bridgehead atoms. The SMILES string of the molecule is Cc1cn(-c2ccccc2)nc(C(=O)O)c1=O. The van der Waals surface area contributed by atoms with Crippen LogP contribution in [0.15, 0.2) is 41.3 Å². The Kier molecular flexibility index (Phi) is 2.74. The number of aromatic carboxylic acids is 1. The van der Waals surface area contributed by atoms with Crippen molar-refractivity contribution in [3.63, 3.8) is 0 Å². The van der Waals surface area contributed by atoms with Gasteiger partial charge in [-0.2, -0.15) is 5.10 Å². The number of benzene rings is 1. The van der Waals surface area contributed by atoms with Gasteiger partial charge < -0.3 is 5.11 Å². The van der Waals surface area contributed by atoms with Crippen LogP contribution in [0.2, 0.25) is 0 Å². The molecule has 0 amide bonds. The summed E-state index contributed by atoms with van der Waals surface area (Å²) in [5, 5.41) is 12.7. The van der Waals surface area contributed by atoms with Crippen LogP contribution >= 0.6 is 0 Å². The summed E-state index contributed by atoms with van der Waals surface area (Å²) in [4.78, 5) is 22.4. The van der Waals surface area contributed by atoms with E-state index in [9.17, 15) is 9.59 Å². The molecular weight excluding hydrogens is 220 g/mol. The number of aryl methyl sites for hydroxylation is 1. The Morgan fingerprint density at radius 2 is 1.94 bits per heavy atom. The molecule has 0 aliphatic rings. The number of rotatable bonds is 2. The van der Waals surface area contributed by atoms with E-state index in [4.69, 9.17) is 5.11 Å². The summed E-state index contributed by atoms with van der Waals surface area (Å²) in [6, 6.07) is 9.03. The van der Waals surface area contributed by atoms with Crippen molar-refractivity contribution in [2.75, 3.05) is 0 Å². The molecule has 2 aromatic rings. The van der Waals surface area contributed by atoms with Crippen LogP contribution in [0, 0.1) is 6.92 Å². The summed E-state index contributed by atoms with van der Waals surface area (Å²) < 4.78 is 1.39. The van der Waals surface area contributed by atoms with Gasteiger partial charge in [0.2, 0.25) is 11.1 Å². The lowest BCUT2D eigenvalue weighted by atomic mass is 10.2. The average Bonchev–Trinajstić information content (AvgIpc) is 2.33. The predicted octanol–water partition coefficient (Wildman–Crippen LogP) is 1.24. The third-order valence-electron chi connectivity index (χ3n) is 2.32. The first kappa shape index (κ1) is 11.1. The molecule has 1 aromatic carbocycles. The molecule has 0 unspecified atom stereocenters. The summed E-state index contributed by atoms with van der Waals surface area (Å²) in [5.74, 6) is -1.32. The van der Waals surface area contributed by atoms with Crippen LogP contribution in [0.3, 0.4) is 0 Å². The molecule has 0 aliphatic carbocycles. The van der Waals surface area contributed by atoms with Gasteiger partial charge in [0, 0.05) is 11.8 Å². The van der Waals surface area contributed by atoms with Crippen LogP contribution in [-0.4, -0.2) is 20.9 Å². The number of hydrogen-bond acceptors (Lipinski definition) is 3. The van der Waals surface area contributed by atoms with Gasteiger partial charge in [0.15, 0.2) is 0 Å². The molecule has 2 rings (SSSR count). The Morgan fingerprint density at radius 3 is 2.53 bits per heavy atom. The van der Waals surface area contributed by atoms with Crippen LogP contribution < -0.4 is 5.43 Å². The lowest BCUT2D eigenvalue weighted by molar-refractivity contribution is 0.0686. The molecule has 86 valence electrons. The van der Waals surface area contributed by atoms with Gasteiger partial charge in [-0.15, -0.1) is 0 Å². The molecule has 5 heteroatoms. The third-order valence-corrected chi connectivity index (χ3v) is 2.32. The van der Waals surface area contributed by atoms with E-state index in [1.807, 2.05) is 18.2 Å². The second-order valence-electron chi connectivity index (χ2n) is 3.58. The van der Waals surface area contributed by atoms with Crippen LogP contribution in [0.4, 0.5) is 0 Å². The molecule has 1 aromatic heterocycles. The van der Waals surface area contributed by atoms with Crippen molar-refractivity contribution in [3.8, 4) is 5.69 Å². The van der Waals surface area contributed by atoms with Gasteiger partial charge >= 0.3 is 5.97 Å². The number of hydrogen-bond donors (Lipinski definition) is 1. The zero-order chi connectivity index (χ0) is 12.4. The monoisotopic (exact) mass is 230 g/mol. The standard InChI is InChI=1S/C12H10N2O3/c1-8-7-14(9-5-3-2-4-6-9)13-10(11(8)15)12(16)17/h2-7H,1H3,(H,16,17). The number of nitrogens with zero attached hydrogens (tertiary/aromatic N) is 2. The van der Waals surface area contributed by atoms with Gasteiger partial charge in [0.05, 0.1) is 5.69 Å². The lowest BCUT2D eigenvalue weighted by Crippen LogP contribution is -2.23. The molecule has 0 fully saturated rings. The second-order valence-corrected chi connectivity index (χ2v) is 3.58. The Labute approximate surface area is 97.0 Å². The molecule has 0 spiro atoms. The topological polar surface area (TPSA) is 72.2 Å². The van der Waals surface area contributed by atoms with Crippen molar-refractivity contribution < 1.29 is 9.90 Å². The minimum atomic E-state index is -1.32.